The van der Waals surface area contributed by atoms with Gasteiger partial charge in [0, 0.05) is 22.5 Å². The molecule has 0 amide bonds. The SMILES string of the molecule is OC[C@H]1OC(c2cnc3nc[nH]c3c2Nc2ccc(Cl)cc2)[C@H](O)[C@H]1O. The van der Waals surface area contributed by atoms with Crippen molar-refractivity contribution < 1.29 is 20.1 Å². The number of aromatic nitrogens is 3. The van der Waals surface area contributed by atoms with Crippen LogP contribution in [0.3, 0.4) is 0 Å². The van der Waals surface area contributed by atoms with Gasteiger partial charge in [-0.05, 0) is 24.3 Å². The lowest BCUT2D eigenvalue weighted by atomic mass is 10.0. The van der Waals surface area contributed by atoms with Crippen molar-refractivity contribution in [3.63, 3.8) is 0 Å². The molecule has 1 unspecified atom stereocenters. The van der Waals surface area contributed by atoms with E-state index in [4.69, 9.17) is 16.3 Å². The van der Waals surface area contributed by atoms with Crippen molar-refractivity contribution >= 4 is 34.1 Å². The zero-order chi connectivity index (χ0) is 18.3. The van der Waals surface area contributed by atoms with E-state index < -0.39 is 31.0 Å². The van der Waals surface area contributed by atoms with Crippen molar-refractivity contribution in [1.82, 2.24) is 15.0 Å². The average Bonchev–Trinajstić information content (AvgIpc) is 3.23. The number of aliphatic hydroxyl groups is 3. The molecule has 0 saturated carbocycles. The number of nitrogens with one attached hydrogen (secondary N) is 2. The largest absolute Gasteiger partial charge is 0.394 e. The molecule has 4 atom stereocenters. The maximum Gasteiger partial charge on any atom is 0.179 e. The normalized spacial score (nSPS) is 25.7. The Bertz CT molecular complexity index is 917. The monoisotopic (exact) mass is 376 g/mol. The summed E-state index contributed by atoms with van der Waals surface area (Å²) in [7, 11) is 0. The van der Waals surface area contributed by atoms with Gasteiger partial charge in [-0.1, -0.05) is 11.6 Å². The van der Waals surface area contributed by atoms with Crippen LogP contribution in [0, 0.1) is 0 Å². The molecule has 0 aliphatic carbocycles. The van der Waals surface area contributed by atoms with Crippen molar-refractivity contribution in [2.45, 2.75) is 24.4 Å². The molecule has 8 nitrogen and oxygen atoms in total. The number of nitrogens with zero attached hydrogens (tertiary/aromatic N) is 2. The summed E-state index contributed by atoms with van der Waals surface area (Å²) in [6.07, 6.45) is -1.04. The second-order valence-electron chi connectivity index (χ2n) is 6.08. The van der Waals surface area contributed by atoms with Crippen molar-refractivity contribution in [2.24, 2.45) is 0 Å². The van der Waals surface area contributed by atoms with Gasteiger partial charge in [0.1, 0.15) is 29.9 Å². The van der Waals surface area contributed by atoms with Crippen LogP contribution in [0.15, 0.2) is 36.8 Å². The van der Waals surface area contributed by atoms with Crippen LogP contribution in [-0.4, -0.2) is 55.2 Å². The molecule has 1 aliphatic heterocycles. The first-order chi connectivity index (χ1) is 12.6. The van der Waals surface area contributed by atoms with Gasteiger partial charge in [-0.15, -0.1) is 0 Å². The molecule has 1 fully saturated rings. The number of hydrogen-bond acceptors (Lipinski definition) is 7. The van der Waals surface area contributed by atoms with E-state index in [1.807, 2.05) is 12.1 Å². The summed E-state index contributed by atoms with van der Waals surface area (Å²) in [5.41, 5.74) is 3.06. The van der Waals surface area contributed by atoms with Crippen molar-refractivity contribution in [3.05, 3.63) is 47.4 Å². The molecule has 1 aliphatic rings. The summed E-state index contributed by atoms with van der Waals surface area (Å²) in [6, 6.07) is 7.13. The number of hydrogen-bond donors (Lipinski definition) is 5. The molecule has 3 aromatic rings. The number of H-pyrrole nitrogens is 1. The van der Waals surface area contributed by atoms with Gasteiger partial charge >= 0.3 is 0 Å². The van der Waals surface area contributed by atoms with Crippen LogP contribution in [0.2, 0.25) is 5.02 Å². The van der Waals surface area contributed by atoms with Crippen LogP contribution in [0.4, 0.5) is 11.4 Å². The third-order valence-electron chi connectivity index (χ3n) is 4.45. The number of rotatable bonds is 4. The quantitative estimate of drug-likeness (QED) is 0.467. The summed E-state index contributed by atoms with van der Waals surface area (Å²) in [5.74, 6) is 0. The van der Waals surface area contributed by atoms with E-state index in [0.29, 0.717) is 27.4 Å². The fourth-order valence-electron chi connectivity index (χ4n) is 3.09. The van der Waals surface area contributed by atoms with Crippen molar-refractivity contribution in [1.29, 1.82) is 0 Å². The van der Waals surface area contributed by atoms with Crippen LogP contribution in [-0.2, 0) is 4.74 Å². The number of ether oxygens (including phenoxy) is 1. The first-order valence-electron chi connectivity index (χ1n) is 8.05. The Balaban J connectivity index is 1.78. The van der Waals surface area contributed by atoms with Gasteiger partial charge in [0.25, 0.3) is 0 Å². The van der Waals surface area contributed by atoms with E-state index >= 15 is 0 Å². The van der Waals surface area contributed by atoms with Crippen LogP contribution >= 0.6 is 11.6 Å². The minimum absolute atomic E-state index is 0.394. The molecule has 0 bridgehead atoms. The zero-order valence-corrected chi connectivity index (χ0v) is 14.3. The van der Waals surface area contributed by atoms with Gasteiger partial charge in [0.05, 0.1) is 18.6 Å². The molecule has 0 radical (unpaired) electrons. The lowest BCUT2D eigenvalue weighted by molar-refractivity contribution is -0.0226. The highest BCUT2D eigenvalue weighted by molar-refractivity contribution is 6.30. The predicted molar refractivity (Wildman–Crippen MR) is 95.3 cm³/mol. The predicted octanol–water partition coefficient (Wildman–Crippen LogP) is 1.51. The van der Waals surface area contributed by atoms with Gasteiger partial charge in [-0.25, -0.2) is 9.97 Å². The third-order valence-corrected chi connectivity index (χ3v) is 4.70. The highest BCUT2D eigenvalue weighted by Crippen LogP contribution is 2.39. The van der Waals surface area contributed by atoms with Gasteiger partial charge in [0.2, 0.25) is 0 Å². The van der Waals surface area contributed by atoms with E-state index in [2.05, 4.69) is 20.3 Å². The molecular weight excluding hydrogens is 360 g/mol. The lowest BCUT2D eigenvalue weighted by Gasteiger charge is -2.20. The van der Waals surface area contributed by atoms with Gasteiger partial charge in [-0.3, -0.25) is 0 Å². The van der Waals surface area contributed by atoms with Crippen LogP contribution in [0.5, 0.6) is 0 Å². The number of imidazole rings is 1. The summed E-state index contributed by atoms with van der Waals surface area (Å²) < 4.78 is 5.66. The molecule has 5 N–H and O–H groups in total. The van der Waals surface area contributed by atoms with Crippen LogP contribution in [0.1, 0.15) is 11.7 Å². The Morgan fingerprint density at radius 2 is 1.92 bits per heavy atom. The Morgan fingerprint density at radius 3 is 2.62 bits per heavy atom. The summed E-state index contributed by atoms with van der Waals surface area (Å²) >= 11 is 5.94. The molecule has 136 valence electrons. The Morgan fingerprint density at radius 1 is 1.15 bits per heavy atom. The number of halogens is 1. The Hall–Kier alpha value is -2.23. The third kappa shape index (κ3) is 2.91. The first-order valence-corrected chi connectivity index (χ1v) is 8.43. The first kappa shape index (κ1) is 17.2. The van der Waals surface area contributed by atoms with E-state index in [1.165, 1.54) is 6.33 Å². The van der Waals surface area contributed by atoms with Crippen molar-refractivity contribution in [2.75, 3.05) is 11.9 Å². The number of fused-ring (bicyclic) bond motifs is 1. The summed E-state index contributed by atoms with van der Waals surface area (Å²) in [5, 5.41) is 33.7. The minimum atomic E-state index is -1.19. The number of benzene rings is 1. The molecule has 4 rings (SSSR count). The number of anilines is 2. The van der Waals surface area contributed by atoms with Gasteiger partial charge in [-0.2, -0.15) is 0 Å². The second kappa shape index (κ2) is 6.82. The second-order valence-corrected chi connectivity index (χ2v) is 6.52. The molecule has 0 spiro atoms. The molecule has 2 aromatic heterocycles. The van der Waals surface area contributed by atoms with Crippen molar-refractivity contribution in [3.8, 4) is 0 Å². The molecule has 26 heavy (non-hydrogen) atoms. The number of aliphatic hydroxyl groups excluding tert-OH is 3. The number of pyridine rings is 1. The average molecular weight is 377 g/mol. The van der Waals surface area contributed by atoms with E-state index in [9.17, 15) is 15.3 Å². The Kier molecular flexibility index (Phi) is 4.51. The smallest absolute Gasteiger partial charge is 0.179 e. The summed E-state index contributed by atoms with van der Waals surface area (Å²) in [4.78, 5) is 11.4. The van der Waals surface area contributed by atoms with Crippen LogP contribution < -0.4 is 5.32 Å². The molecular formula is C17H17ClN4O4. The van der Waals surface area contributed by atoms with E-state index in [1.54, 1.807) is 18.3 Å². The fraction of sp³-hybridized carbons (Fsp3) is 0.294. The highest BCUT2D eigenvalue weighted by Gasteiger charge is 2.44. The van der Waals surface area contributed by atoms with Crippen LogP contribution in [0.25, 0.3) is 11.2 Å². The highest BCUT2D eigenvalue weighted by atomic mass is 35.5. The summed E-state index contributed by atoms with van der Waals surface area (Å²) in [6.45, 7) is -0.394. The fourth-order valence-corrected chi connectivity index (χ4v) is 3.22. The van der Waals surface area contributed by atoms with Gasteiger partial charge in [0.15, 0.2) is 5.65 Å². The maximum atomic E-state index is 10.4. The van der Waals surface area contributed by atoms with Gasteiger partial charge < -0.3 is 30.4 Å². The topological polar surface area (TPSA) is 124 Å². The zero-order valence-electron chi connectivity index (χ0n) is 13.5. The molecule has 1 saturated heterocycles. The van der Waals surface area contributed by atoms with E-state index in [0.717, 1.165) is 5.69 Å². The van der Waals surface area contributed by atoms with E-state index in [-0.39, 0.29) is 0 Å². The Labute approximate surface area is 153 Å². The minimum Gasteiger partial charge on any atom is -0.394 e. The molecule has 3 heterocycles. The lowest BCUT2D eigenvalue weighted by Crippen LogP contribution is -2.32. The number of aromatic amines is 1. The molecule has 1 aromatic carbocycles. The maximum absolute atomic E-state index is 10.4. The molecule has 9 heteroatoms. The standard InChI is InChI=1S/C17H17ClN4O4/c18-8-1-3-9(4-2-8)22-12-10(5-19-17-13(12)20-7-21-17)16-15(25)14(24)11(6-23)26-16/h1-5,7,11,14-16,23-25H,6H2,(H2,19,20,21,22)/t11-,14+,15-,16?/m1/s1.